The summed E-state index contributed by atoms with van der Waals surface area (Å²) in [7, 11) is 4.59. The van der Waals surface area contributed by atoms with Crippen molar-refractivity contribution in [3.05, 3.63) is 41.0 Å². The molecule has 186 valence electrons. The van der Waals surface area contributed by atoms with Gasteiger partial charge in [-0.05, 0) is 41.0 Å². The third kappa shape index (κ3) is 3.86. The molecule has 0 unspecified atom stereocenters. The summed E-state index contributed by atoms with van der Waals surface area (Å²) in [5.74, 6) is -0.121. The lowest BCUT2D eigenvalue weighted by atomic mass is 9.66. The van der Waals surface area contributed by atoms with Gasteiger partial charge in [0, 0.05) is 11.8 Å². The number of cyclic esters (lactones) is 1. The van der Waals surface area contributed by atoms with E-state index in [1.54, 1.807) is 0 Å². The molecule has 1 N–H and O–H groups in total. The number of hydrogen-bond acceptors (Lipinski definition) is 9. The van der Waals surface area contributed by atoms with E-state index < -0.39 is 29.8 Å². The van der Waals surface area contributed by atoms with Crippen LogP contribution in [0.5, 0.6) is 28.7 Å². The van der Waals surface area contributed by atoms with E-state index in [2.05, 4.69) is 5.48 Å². The van der Waals surface area contributed by atoms with Gasteiger partial charge in [0.1, 0.15) is 12.0 Å². The standard InChI is InChI=1S/C24H24ClNO9/c1-29-17-4-11(5-18(30-2)23(17)31-3)20-12-6-15-16(34-10-33-15)7-13(12)22(35-26-19(27)8-25)14-9-32-24(28)21(14)20/h4-7,14,20-22H,8-10H2,1-3H3,(H,26,27)/t14-,20+,21-,22-/m0/s1. The lowest BCUT2D eigenvalue weighted by Crippen LogP contribution is -2.39. The van der Waals surface area contributed by atoms with Gasteiger partial charge in [0.25, 0.3) is 5.91 Å². The molecule has 5 rings (SSSR count). The van der Waals surface area contributed by atoms with Gasteiger partial charge < -0.3 is 28.4 Å². The molecule has 2 aromatic rings. The number of methoxy groups -OCH3 is 3. The van der Waals surface area contributed by atoms with Gasteiger partial charge in [-0.3, -0.25) is 14.4 Å². The van der Waals surface area contributed by atoms with Crippen LogP contribution in [0, 0.1) is 11.8 Å². The number of hydrogen-bond donors (Lipinski definition) is 1. The highest BCUT2D eigenvalue weighted by molar-refractivity contribution is 6.27. The van der Waals surface area contributed by atoms with Crippen LogP contribution in [-0.2, 0) is 19.2 Å². The van der Waals surface area contributed by atoms with Crippen molar-refractivity contribution < 1.29 is 42.8 Å². The van der Waals surface area contributed by atoms with Gasteiger partial charge in [-0.2, -0.15) is 0 Å². The van der Waals surface area contributed by atoms with Crippen LogP contribution in [0.15, 0.2) is 24.3 Å². The number of rotatable bonds is 7. The van der Waals surface area contributed by atoms with Gasteiger partial charge in [0.2, 0.25) is 12.5 Å². The molecule has 2 heterocycles. The second-order valence-electron chi connectivity index (χ2n) is 8.29. The largest absolute Gasteiger partial charge is 0.493 e. The first kappa shape index (κ1) is 23.4. The van der Waals surface area contributed by atoms with Crippen LogP contribution in [0.3, 0.4) is 0 Å². The van der Waals surface area contributed by atoms with Crippen LogP contribution >= 0.6 is 11.6 Å². The fourth-order valence-electron chi connectivity index (χ4n) is 5.10. The average Bonchev–Trinajstić information content (AvgIpc) is 3.50. The van der Waals surface area contributed by atoms with E-state index in [1.807, 2.05) is 24.3 Å². The summed E-state index contributed by atoms with van der Waals surface area (Å²) in [5.41, 5.74) is 4.65. The molecule has 1 saturated heterocycles. The number of fused-ring (bicyclic) bond motifs is 3. The Morgan fingerprint density at radius 3 is 2.26 bits per heavy atom. The topological polar surface area (TPSA) is 111 Å². The third-order valence-corrected chi connectivity index (χ3v) is 6.83. The van der Waals surface area contributed by atoms with E-state index in [-0.39, 0.29) is 25.2 Å². The smallest absolute Gasteiger partial charge is 0.310 e. The minimum atomic E-state index is -0.679. The van der Waals surface area contributed by atoms with Gasteiger partial charge in [0.15, 0.2) is 23.0 Å². The van der Waals surface area contributed by atoms with E-state index in [1.165, 1.54) is 21.3 Å². The van der Waals surface area contributed by atoms with Crippen LogP contribution in [0.4, 0.5) is 0 Å². The normalized spacial score (nSPS) is 23.7. The third-order valence-electron chi connectivity index (χ3n) is 6.59. The Morgan fingerprint density at radius 1 is 1.00 bits per heavy atom. The van der Waals surface area contributed by atoms with Crippen molar-refractivity contribution >= 4 is 23.5 Å². The van der Waals surface area contributed by atoms with Crippen LogP contribution in [0.2, 0.25) is 0 Å². The minimum Gasteiger partial charge on any atom is -0.493 e. The number of benzene rings is 2. The SMILES string of the molecule is COc1cc([C@@H]2c3cc4c(cc3[C@H](ONC(=O)CCl)[C@H]3COC(=O)[C@H]23)OCO4)cc(OC)c1OC. The zero-order valence-corrected chi connectivity index (χ0v) is 20.0. The van der Waals surface area contributed by atoms with Crippen molar-refractivity contribution in [3.63, 3.8) is 0 Å². The molecule has 0 saturated carbocycles. The zero-order valence-electron chi connectivity index (χ0n) is 19.3. The molecule has 10 nitrogen and oxygen atoms in total. The summed E-state index contributed by atoms with van der Waals surface area (Å²) in [5, 5.41) is 0. The number of esters is 1. The van der Waals surface area contributed by atoms with Crippen molar-refractivity contribution in [2.75, 3.05) is 40.6 Å². The second-order valence-corrected chi connectivity index (χ2v) is 8.55. The van der Waals surface area contributed by atoms with Gasteiger partial charge in [-0.15, -0.1) is 11.6 Å². The maximum absolute atomic E-state index is 13.1. The van der Waals surface area contributed by atoms with Crippen molar-refractivity contribution in [1.29, 1.82) is 0 Å². The lowest BCUT2D eigenvalue weighted by molar-refractivity contribution is -0.143. The van der Waals surface area contributed by atoms with Crippen molar-refractivity contribution in [1.82, 2.24) is 5.48 Å². The fraction of sp³-hybridized carbons (Fsp3) is 0.417. The molecule has 0 spiro atoms. The fourth-order valence-corrected chi connectivity index (χ4v) is 5.16. The molecule has 11 heteroatoms. The highest BCUT2D eigenvalue weighted by atomic mass is 35.5. The summed E-state index contributed by atoms with van der Waals surface area (Å²) in [6.07, 6.45) is -0.679. The average molecular weight is 506 g/mol. The Labute approximate surface area is 206 Å². The quantitative estimate of drug-likeness (QED) is 0.345. The molecule has 0 aromatic heterocycles. The number of carbonyl (C=O) groups excluding carboxylic acids is 2. The molecular formula is C24H24ClNO9. The number of halogens is 1. The Bertz CT molecular complexity index is 1140. The molecule has 2 aromatic carbocycles. The number of hydroxylamine groups is 1. The number of ether oxygens (including phenoxy) is 6. The van der Waals surface area contributed by atoms with E-state index >= 15 is 0 Å². The Kier molecular flexibility index (Phi) is 6.24. The highest BCUT2D eigenvalue weighted by Gasteiger charge is 2.53. The first-order chi connectivity index (χ1) is 17.0. The molecule has 2 aliphatic heterocycles. The number of amides is 1. The molecule has 0 bridgehead atoms. The van der Waals surface area contributed by atoms with E-state index in [9.17, 15) is 9.59 Å². The molecule has 1 fully saturated rings. The summed E-state index contributed by atoms with van der Waals surface area (Å²) in [6, 6.07) is 7.30. The van der Waals surface area contributed by atoms with Gasteiger partial charge in [-0.25, -0.2) is 5.48 Å². The second kappa shape index (κ2) is 9.35. The first-order valence-corrected chi connectivity index (χ1v) is 11.4. The Balaban J connectivity index is 1.69. The maximum Gasteiger partial charge on any atom is 0.310 e. The minimum absolute atomic E-state index is 0.0798. The molecule has 1 aliphatic carbocycles. The van der Waals surface area contributed by atoms with Gasteiger partial charge in [0.05, 0.1) is 33.9 Å². The number of nitrogens with one attached hydrogen (secondary N) is 1. The molecule has 0 radical (unpaired) electrons. The summed E-state index contributed by atoms with van der Waals surface area (Å²) >= 11 is 5.62. The molecule has 35 heavy (non-hydrogen) atoms. The van der Waals surface area contributed by atoms with Crippen molar-refractivity contribution in [2.24, 2.45) is 11.8 Å². The van der Waals surface area contributed by atoms with Crippen LogP contribution in [0.1, 0.15) is 28.7 Å². The summed E-state index contributed by atoms with van der Waals surface area (Å²) in [6.45, 7) is 0.205. The molecule has 4 atom stereocenters. The predicted octanol–water partition coefficient (Wildman–Crippen LogP) is 2.70. The van der Waals surface area contributed by atoms with Crippen molar-refractivity contribution in [2.45, 2.75) is 12.0 Å². The Hall–Kier alpha value is -3.37. The number of carbonyl (C=O) groups is 2. The zero-order chi connectivity index (χ0) is 24.7. The summed E-state index contributed by atoms with van der Waals surface area (Å²) in [4.78, 5) is 30.7. The highest BCUT2D eigenvalue weighted by Crippen LogP contribution is 2.56. The van der Waals surface area contributed by atoms with Crippen LogP contribution in [0.25, 0.3) is 0 Å². The number of alkyl halides is 1. The van der Waals surface area contributed by atoms with Crippen LogP contribution < -0.4 is 29.2 Å². The summed E-state index contributed by atoms with van der Waals surface area (Å²) < 4.78 is 33.3. The first-order valence-electron chi connectivity index (χ1n) is 10.9. The van der Waals surface area contributed by atoms with Gasteiger partial charge in [-0.1, -0.05) is 0 Å². The molecule has 1 amide bonds. The van der Waals surface area contributed by atoms with Crippen LogP contribution in [-0.4, -0.2) is 52.5 Å². The molecule has 3 aliphatic rings. The maximum atomic E-state index is 13.1. The predicted molar refractivity (Wildman–Crippen MR) is 121 cm³/mol. The van der Waals surface area contributed by atoms with E-state index in [4.69, 9.17) is 44.9 Å². The van der Waals surface area contributed by atoms with Gasteiger partial charge >= 0.3 is 5.97 Å². The van der Waals surface area contributed by atoms with E-state index in [0.717, 1.165) is 16.7 Å². The van der Waals surface area contributed by atoms with E-state index in [0.29, 0.717) is 28.7 Å². The van der Waals surface area contributed by atoms with Crippen molar-refractivity contribution in [3.8, 4) is 28.7 Å². The molecular weight excluding hydrogens is 482 g/mol. The monoisotopic (exact) mass is 505 g/mol. The Morgan fingerprint density at radius 2 is 1.66 bits per heavy atom. The lowest BCUT2D eigenvalue weighted by Gasteiger charge is -2.38.